The topological polar surface area (TPSA) is 121 Å². The van der Waals surface area contributed by atoms with Crippen molar-refractivity contribution in [2.75, 3.05) is 26.9 Å². The van der Waals surface area contributed by atoms with Gasteiger partial charge in [0.15, 0.2) is 11.5 Å². The molecule has 0 saturated carbocycles. The lowest BCUT2D eigenvalue weighted by atomic mass is 9.73. The van der Waals surface area contributed by atoms with Crippen molar-refractivity contribution in [3.8, 4) is 39.9 Å². The Bertz CT molecular complexity index is 1850. The van der Waals surface area contributed by atoms with Crippen LogP contribution in [0.15, 0.2) is 65.7 Å². The zero-order valence-corrected chi connectivity index (χ0v) is 23.8. The van der Waals surface area contributed by atoms with E-state index in [1.807, 2.05) is 18.2 Å². The molecule has 3 aliphatic rings. The van der Waals surface area contributed by atoms with Gasteiger partial charge in [-0.3, -0.25) is 4.99 Å². The normalized spacial score (nSPS) is 19.6. The Kier molecular flexibility index (Phi) is 6.95. The van der Waals surface area contributed by atoms with E-state index in [9.17, 15) is 20.4 Å². The molecule has 0 amide bonds. The standard InChI is InChI=1S/C35H33NO7/c1-41-32-15-21(3-7-29(32)39)35-30(40)17-26-27-14-22(13-19-2-6-28-20(12-19)8-9-36-28)25-16-23(38)4-5-24(25)34(27)33(42-11-10-37)18-31(26)43-35/h2-8,12,15-16,18,22,30,35,37-40H,9-11,13-14,17H2,1H3/t22-,30-,35-/m1/s1. The van der Waals surface area contributed by atoms with Crippen LogP contribution in [-0.4, -0.2) is 53.4 Å². The first-order chi connectivity index (χ1) is 20.9. The van der Waals surface area contributed by atoms with E-state index in [0.29, 0.717) is 42.2 Å². The van der Waals surface area contributed by atoms with E-state index in [0.717, 1.165) is 44.8 Å². The third kappa shape index (κ3) is 4.86. The SMILES string of the molecule is COc1cc([C@H]2Oc3cc(OCCO)c4c(c3C[C@H]2O)C[C@@H](Cc2ccc3c(c2)=CCN=3)c2cc(O)ccc2-4)ccc1O. The van der Waals surface area contributed by atoms with Crippen LogP contribution in [0.25, 0.3) is 17.2 Å². The Hall–Kier alpha value is -4.53. The van der Waals surface area contributed by atoms with Crippen molar-refractivity contribution in [1.82, 2.24) is 0 Å². The van der Waals surface area contributed by atoms with Crippen LogP contribution in [0.2, 0.25) is 0 Å². The molecule has 7 rings (SSSR count). The summed E-state index contributed by atoms with van der Waals surface area (Å²) >= 11 is 0. The molecule has 2 heterocycles. The second-order valence-corrected chi connectivity index (χ2v) is 11.3. The molecule has 43 heavy (non-hydrogen) atoms. The first kappa shape index (κ1) is 27.3. The summed E-state index contributed by atoms with van der Waals surface area (Å²) in [6, 6.07) is 18.6. The number of hydrogen-bond acceptors (Lipinski definition) is 8. The van der Waals surface area contributed by atoms with E-state index in [-0.39, 0.29) is 30.6 Å². The fourth-order valence-corrected chi connectivity index (χ4v) is 6.76. The van der Waals surface area contributed by atoms with Crippen molar-refractivity contribution in [1.29, 1.82) is 0 Å². The predicted octanol–water partition coefficient (Wildman–Crippen LogP) is 3.48. The molecule has 8 nitrogen and oxygen atoms in total. The van der Waals surface area contributed by atoms with Crippen LogP contribution >= 0.6 is 0 Å². The van der Waals surface area contributed by atoms with Gasteiger partial charge >= 0.3 is 0 Å². The number of phenolic OH excluding ortho intramolecular Hbond substituents is 2. The maximum absolute atomic E-state index is 11.4. The summed E-state index contributed by atoms with van der Waals surface area (Å²) < 4.78 is 17.9. The monoisotopic (exact) mass is 579 g/mol. The zero-order valence-electron chi connectivity index (χ0n) is 23.8. The summed E-state index contributed by atoms with van der Waals surface area (Å²) in [6.07, 6.45) is 2.39. The van der Waals surface area contributed by atoms with Crippen molar-refractivity contribution >= 4 is 6.08 Å². The highest BCUT2D eigenvalue weighted by molar-refractivity contribution is 5.83. The highest BCUT2D eigenvalue weighted by Crippen LogP contribution is 2.52. The first-order valence-electron chi connectivity index (χ1n) is 14.5. The second-order valence-electron chi connectivity index (χ2n) is 11.3. The summed E-state index contributed by atoms with van der Waals surface area (Å²) in [5.74, 6) is 1.77. The average molecular weight is 580 g/mol. The van der Waals surface area contributed by atoms with Gasteiger partial charge in [-0.15, -0.1) is 0 Å². The van der Waals surface area contributed by atoms with Gasteiger partial charge in [-0.1, -0.05) is 24.3 Å². The molecule has 220 valence electrons. The lowest BCUT2D eigenvalue weighted by Gasteiger charge is -2.37. The molecular weight excluding hydrogens is 546 g/mol. The molecule has 1 aliphatic carbocycles. The smallest absolute Gasteiger partial charge is 0.160 e. The van der Waals surface area contributed by atoms with Crippen LogP contribution in [0, 0.1) is 0 Å². The Morgan fingerprint density at radius 3 is 2.67 bits per heavy atom. The van der Waals surface area contributed by atoms with Crippen LogP contribution in [0.3, 0.4) is 0 Å². The second kappa shape index (κ2) is 10.9. The lowest BCUT2D eigenvalue weighted by molar-refractivity contribution is 0.0201. The fraction of sp³-hybridized carbons (Fsp3) is 0.286. The summed E-state index contributed by atoms with van der Waals surface area (Å²) in [5, 5.41) is 43.8. The maximum Gasteiger partial charge on any atom is 0.160 e. The predicted molar refractivity (Wildman–Crippen MR) is 161 cm³/mol. The van der Waals surface area contributed by atoms with Crippen molar-refractivity contribution in [2.45, 2.75) is 37.4 Å². The maximum atomic E-state index is 11.4. The van der Waals surface area contributed by atoms with E-state index >= 15 is 0 Å². The van der Waals surface area contributed by atoms with E-state index < -0.39 is 12.2 Å². The molecular formula is C35H33NO7. The van der Waals surface area contributed by atoms with Gasteiger partial charge in [0.2, 0.25) is 0 Å². The molecule has 4 N–H and O–H groups in total. The molecule has 4 aromatic carbocycles. The van der Waals surface area contributed by atoms with Gasteiger partial charge in [0.05, 0.1) is 31.7 Å². The third-order valence-corrected chi connectivity index (χ3v) is 8.71. The number of fused-ring (bicyclic) bond motifs is 6. The Labute approximate surface area is 248 Å². The molecule has 0 bridgehead atoms. The van der Waals surface area contributed by atoms with E-state index in [2.05, 4.69) is 29.3 Å². The Balaban J connectivity index is 1.34. The molecule has 0 spiro atoms. The Morgan fingerprint density at radius 2 is 1.84 bits per heavy atom. The van der Waals surface area contributed by atoms with Crippen LogP contribution in [-0.2, 0) is 19.3 Å². The van der Waals surface area contributed by atoms with Gasteiger partial charge in [-0.25, -0.2) is 0 Å². The number of hydrogen-bond donors (Lipinski definition) is 4. The summed E-state index contributed by atoms with van der Waals surface area (Å²) in [6.45, 7) is 0.670. The number of rotatable bonds is 7. The van der Waals surface area contributed by atoms with E-state index in [1.165, 1.54) is 18.7 Å². The van der Waals surface area contributed by atoms with Crippen LogP contribution in [0.4, 0.5) is 0 Å². The van der Waals surface area contributed by atoms with Crippen molar-refractivity contribution < 1.29 is 34.6 Å². The minimum atomic E-state index is -0.842. The van der Waals surface area contributed by atoms with E-state index in [4.69, 9.17) is 14.2 Å². The molecule has 8 heteroatoms. The molecule has 0 radical (unpaired) electrons. The molecule has 0 saturated heterocycles. The number of methoxy groups -OCH3 is 1. The minimum absolute atomic E-state index is 0.0112. The average Bonchev–Trinajstić information content (AvgIpc) is 3.48. The lowest BCUT2D eigenvalue weighted by Crippen LogP contribution is -2.32. The summed E-state index contributed by atoms with van der Waals surface area (Å²) in [4.78, 5) is 4.52. The van der Waals surface area contributed by atoms with Crippen LogP contribution in [0.5, 0.6) is 28.7 Å². The number of aliphatic hydroxyl groups is 2. The van der Waals surface area contributed by atoms with Crippen LogP contribution < -0.4 is 24.8 Å². The summed E-state index contributed by atoms with van der Waals surface area (Å²) in [5.41, 5.74) is 6.73. The first-order valence-corrected chi connectivity index (χ1v) is 14.5. The minimum Gasteiger partial charge on any atom is -0.508 e. The van der Waals surface area contributed by atoms with Crippen molar-refractivity contribution in [3.63, 3.8) is 0 Å². The molecule has 0 fully saturated rings. The zero-order chi connectivity index (χ0) is 29.7. The number of aromatic hydroxyl groups is 2. The highest BCUT2D eigenvalue weighted by Gasteiger charge is 2.37. The molecule has 3 atom stereocenters. The number of ether oxygens (including phenoxy) is 3. The highest BCUT2D eigenvalue weighted by atomic mass is 16.5. The van der Waals surface area contributed by atoms with Gasteiger partial charge < -0.3 is 34.6 Å². The number of aliphatic hydroxyl groups excluding tert-OH is 2. The Morgan fingerprint density at radius 1 is 0.953 bits per heavy atom. The van der Waals surface area contributed by atoms with Crippen molar-refractivity contribution in [2.24, 2.45) is 4.99 Å². The van der Waals surface area contributed by atoms with Crippen LogP contribution in [0.1, 0.15) is 39.8 Å². The number of phenols is 2. The van der Waals surface area contributed by atoms with Gasteiger partial charge in [-0.2, -0.15) is 0 Å². The summed E-state index contributed by atoms with van der Waals surface area (Å²) in [7, 11) is 1.48. The van der Waals surface area contributed by atoms with Gasteiger partial charge in [0.1, 0.15) is 30.0 Å². The van der Waals surface area contributed by atoms with E-state index in [1.54, 1.807) is 18.2 Å². The molecule has 2 aliphatic heterocycles. The number of benzene rings is 4. The number of nitrogens with zero attached hydrogens (tertiary/aromatic N) is 1. The fourth-order valence-electron chi connectivity index (χ4n) is 6.76. The van der Waals surface area contributed by atoms with Crippen molar-refractivity contribution in [3.05, 3.63) is 99.1 Å². The largest absolute Gasteiger partial charge is 0.508 e. The van der Waals surface area contributed by atoms with Gasteiger partial charge in [0.25, 0.3) is 0 Å². The third-order valence-electron chi connectivity index (χ3n) is 8.71. The molecule has 4 aromatic rings. The quantitative estimate of drug-likeness (QED) is 0.265. The molecule has 0 unspecified atom stereocenters. The van der Waals surface area contributed by atoms with Gasteiger partial charge in [-0.05, 0) is 88.2 Å². The molecule has 0 aromatic heterocycles. The van der Waals surface area contributed by atoms with Gasteiger partial charge in [0, 0.05) is 23.6 Å².